The lowest BCUT2D eigenvalue weighted by Crippen LogP contribution is -2.31. The second-order valence-electron chi connectivity index (χ2n) is 4.37. The van der Waals surface area contributed by atoms with Gasteiger partial charge in [-0.2, -0.15) is 0 Å². The van der Waals surface area contributed by atoms with Crippen LogP contribution in [-0.4, -0.2) is 38.1 Å². The largest absolute Gasteiger partial charge is 0.361 e. The van der Waals surface area contributed by atoms with Gasteiger partial charge in [-0.3, -0.25) is 10.00 Å². The molecule has 2 rings (SSSR count). The fourth-order valence-electron chi connectivity index (χ4n) is 1.65. The van der Waals surface area contributed by atoms with E-state index in [1.807, 2.05) is 13.8 Å². The van der Waals surface area contributed by atoms with Gasteiger partial charge in [-0.1, -0.05) is 10.4 Å². The Kier molecular flexibility index (Phi) is 3.50. The molecule has 8 heteroatoms. The van der Waals surface area contributed by atoms with Gasteiger partial charge in [0.2, 0.25) is 0 Å². The fourth-order valence-corrected chi connectivity index (χ4v) is 1.65. The Morgan fingerprint density at radius 1 is 1.53 bits per heavy atom. The minimum absolute atomic E-state index is 0.263. The summed E-state index contributed by atoms with van der Waals surface area (Å²) in [6.45, 7) is 4.09. The molecule has 0 spiro atoms. The maximum absolute atomic E-state index is 12.0. The number of nitrogens with zero attached hydrogens (tertiary/aromatic N) is 5. The highest BCUT2D eigenvalue weighted by molar-refractivity contribution is 5.87. The Labute approximate surface area is 110 Å². The van der Waals surface area contributed by atoms with Crippen LogP contribution in [0.25, 0.3) is 0 Å². The van der Waals surface area contributed by atoms with Gasteiger partial charge in [-0.05, 0) is 13.8 Å². The Morgan fingerprint density at radius 2 is 2.26 bits per heavy atom. The van der Waals surface area contributed by atoms with Crippen LogP contribution >= 0.6 is 0 Å². The molecule has 0 radical (unpaired) electrons. The zero-order valence-corrected chi connectivity index (χ0v) is 11.3. The monoisotopic (exact) mass is 264 g/mol. The molecule has 2 aromatic heterocycles. The van der Waals surface area contributed by atoms with Crippen molar-refractivity contribution in [1.82, 2.24) is 25.1 Å². The van der Waals surface area contributed by atoms with Crippen LogP contribution in [0.3, 0.4) is 0 Å². The molecule has 1 N–H and O–H groups in total. The van der Waals surface area contributed by atoms with Gasteiger partial charge in [-0.15, -0.1) is 5.10 Å². The summed E-state index contributed by atoms with van der Waals surface area (Å²) in [6, 6.07) is -0.263. The first-order valence-electron chi connectivity index (χ1n) is 5.77. The van der Waals surface area contributed by atoms with E-state index in [9.17, 15) is 4.79 Å². The predicted octanol–water partition coefficient (Wildman–Crippen LogP) is 1.08. The highest BCUT2D eigenvalue weighted by atomic mass is 16.5. The first-order valence-corrected chi connectivity index (χ1v) is 5.77. The molecule has 0 atom stereocenters. The minimum atomic E-state index is -0.263. The first kappa shape index (κ1) is 13.1. The van der Waals surface area contributed by atoms with Gasteiger partial charge in [-0.25, -0.2) is 4.79 Å². The van der Waals surface area contributed by atoms with Crippen LogP contribution < -0.4 is 5.32 Å². The number of amides is 2. The summed E-state index contributed by atoms with van der Waals surface area (Å²) in [5.41, 5.74) is 1.70. The van der Waals surface area contributed by atoms with Crippen molar-refractivity contribution in [3.63, 3.8) is 0 Å². The summed E-state index contributed by atoms with van der Waals surface area (Å²) in [5, 5.41) is 14.0. The average Bonchev–Trinajstić information content (AvgIpc) is 2.89. The average molecular weight is 264 g/mol. The van der Waals surface area contributed by atoms with E-state index in [-0.39, 0.29) is 6.03 Å². The van der Waals surface area contributed by atoms with E-state index in [1.54, 1.807) is 20.3 Å². The second kappa shape index (κ2) is 5.09. The third kappa shape index (κ3) is 2.90. The third-order valence-electron chi connectivity index (χ3n) is 2.76. The maximum Gasteiger partial charge on any atom is 0.323 e. The lowest BCUT2D eigenvalue weighted by atomic mass is 10.2. The number of aromatic nitrogens is 4. The molecule has 0 aliphatic heterocycles. The zero-order chi connectivity index (χ0) is 14.0. The summed E-state index contributed by atoms with van der Waals surface area (Å²) in [5.74, 6) is 1.13. The van der Waals surface area contributed by atoms with Gasteiger partial charge < -0.3 is 9.42 Å². The van der Waals surface area contributed by atoms with Crippen molar-refractivity contribution in [1.29, 1.82) is 0 Å². The van der Waals surface area contributed by atoms with E-state index >= 15 is 0 Å². The van der Waals surface area contributed by atoms with Crippen LogP contribution in [0.2, 0.25) is 0 Å². The van der Waals surface area contributed by atoms with Crippen molar-refractivity contribution in [3.8, 4) is 0 Å². The van der Waals surface area contributed by atoms with E-state index in [2.05, 4.69) is 20.8 Å². The molecule has 0 bridgehead atoms. The number of aryl methyl sites for hydroxylation is 3. The Bertz CT molecular complexity index is 568. The van der Waals surface area contributed by atoms with Gasteiger partial charge >= 0.3 is 6.03 Å². The summed E-state index contributed by atoms with van der Waals surface area (Å²) in [4.78, 5) is 13.5. The van der Waals surface area contributed by atoms with Crippen molar-refractivity contribution in [2.24, 2.45) is 7.05 Å². The number of anilines is 1. The van der Waals surface area contributed by atoms with Crippen molar-refractivity contribution >= 4 is 11.8 Å². The van der Waals surface area contributed by atoms with Crippen LogP contribution in [0, 0.1) is 13.8 Å². The molecule has 102 valence electrons. The molecule has 2 amide bonds. The van der Waals surface area contributed by atoms with E-state index in [0.29, 0.717) is 12.4 Å². The standard InChI is InChI=1S/C11H16N6O2/c1-7-9(8(2)19-14-7)5-16(3)11(18)12-10-6-17(4)15-13-10/h6H,5H2,1-4H3,(H,12,18). The molecular weight excluding hydrogens is 248 g/mol. The Balaban J connectivity index is 2.00. The Morgan fingerprint density at radius 3 is 2.79 bits per heavy atom. The van der Waals surface area contributed by atoms with Gasteiger partial charge in [0.1, 0.15) is 5.76 Å². The van der Waals surface area contributed by atoms with Crippen LogP contribution in [0.5, 0.6) is 0 Å². The van der Waals surface area contributed by atoms with Crippen molar-refractivity contribution < 1.29 is 9.32 Å². The number of urea groups is 1. The number of nitrogens with one attached hydrogen (secondary N) is 1. The maximum atomic E-state index is 12.0. The smallest absolute Gasteiger partial charge is 0.323 e. The van der Waals surface area contributed by atoms with Crippen LogP contribution in [0.1, 0.15) is 17.0 Å². The van der Waals surface area contributed by atoms with E-state index < -0.39 is 0 Å². The number of carbonyl (C=O) groups excluding carboxylic acids is 1. The second-order valence-corrected chi connectivity index (χ2v) is 4.37. The molecule has 2 aromatic rings. The highest BCUT2D eigenvalue weighted by Crippen LogP contribution is 2.14. The molecule has 0 saturated heterocycles. The summed E-state index contributed by atoms with van der Waals surface area (Å²) in [7, 11) is 3.42. The zero-order valence-electron chi connectivity index (χ0n) is 11.3. The van der Waals surface area contributed by atoms with Gasteiger partial charge in [0.15, 0.2) is 5.82 Å². The number of rotatable bonds is 3. The summed E-state index contributed by atoms with van der Waals surface area (Å²) < 4.78 is 6.58. The molecule has 0 saturated carbocycles. The van der Waals surface area contributed by atoms with Crippen LogP contribution in [0.15, 0.2) is 10.7 Å². The predicted molar refractivity (Wildman–Crippen MR) is 67.5 cm³/mol. The molecule has 0 aromatic carbocycles. The van der Waals surface area contributed by atoms with Crippen LogP contribution in [-0.2, 0) is 13.6 Å². The molecular formula is C11H16N6O2. The lowest BCUT2D eigenvalue weighted by molar-refractivity contribution is 0.220. The molecule has 19 heavy (non-hydrogen) atoms. The normalized spacial score (nSPS) is 10.5. The van der Waals surface area contributed by atoms with Gasteiger partial charge in [0.25, 0.3) is 0 Å². The molecule has 2 heterocycles. The third-order valence-corrected chi connectivity index (χ3v) is 2.76. The number of carbonyl (C=O) groups is 1. The lowest BCUT2D eigenvalue weighted by Gasteiger charge is -2.16. The first-order chi connectivity index (χ1) is 8.97. The molecule has 0 aliphatic carbocycles. The number of hydrogen-bond donors (Lipinski definition) is 1. The Hall–Kier alpha value is -2.38. The number of hydrogen-bond acceptors (Lipinski definition) is 5. The van der Waals surface area contributed by atoms with Crippen LogP contribution in [0.4, 0.5) is 10.6 Å². The summed E-state index contributed by atoms with van der Waals surface area (Å²) in [6.07, 6.45) is 1.63. The molecule has 8 nitrogen and oxygen atoms in total. The van der Waals surface area contributed by atoms with Crippen molar-refractivity contribution in [2.45, 2.75) is 20.4 Å². The molecule has 0 aliphatic rings. The highest BCUT2D eigenvalue weighted by Gasteiger charge is 2.16. The van der Waals surface area contributed by atoms with Crippen molar-refractivity contribution in [3.05, 3.63) is 23.2 Å². The fraction of sp³-hybridized carbons (Fsp3) is 0.455. The van der Waals surface area contributed by atoms with E-state index in [1.165, 1.54) is 9.58 Å². The van der Waals surface area contributed by atoms with Gasteiger partial charge in [0.05, 0.1) is 18.4 Å². The SMILES string of the molecule is Cc1noc(C)c1CN(C)C(=O)Nc1cn(C)nn1. The molecule has 0 unspecified atom stereocenters. The quantitative estimate of drug-likeness (QED) is 0.896. The topological polar surface area (TPSA) is 89.1 Å². The summed E-state index contributed by atoms with van der Waals surface area (Å²) >= 11 is 0. The van der Waals surface area contributed by atoms with Crippen molar-refractivity contribution in [2.75, 3.05) is 12.4 Å². The molecule has 0 fully saturated rings. The van der Waals surface area contributed by atoms with E-state index in [4.69, 9.17) is 4.52 Å². The van der Waals surface area contributed by atoms with E-state index in [0.717, 1.165) is 17.0 Å². The minimum Gasteiger partial charge on any atom is -0.361 e. The van der Waals surface area contributed by atoms with Gasteiger partial charge in [0, 0.05) is 19.7 Å².